The molecule has 1 N–H and O–H groups in total. The number of aromatic nitrogens is 1. The lowest BCUT2D eigenvalue weighted by atomic mass is 10.2. The molecule has 1 amide bonds. The Balaban J connectivity index is 1.46. The van der Waals surface area contributed by atoms with Gasteiger partial charge in [0.2, 0.25) is 10.0 Å². The van der Waals surface area contributed by atoms with Crippen molar-refractivity contribution in [3.63, 3.8) is 0 Å². The third-order valence-electron chi connectivity index (χ3n) is 4.40. The molecule has 0 saturated heterocycles. The number of halogens is 1. The van der Waals surface area contributed by atoms with E-state index in [2.05, 4.69) is 10.3 Å². The maximum Gasteiger partial charge on any atom is 0.257 e. The maximum atomic E-state index is 12.5. The van der Waals surface area contributed by atoms with Gasteiger partial charge in [-0.15, -0.1) is 22.7 Å². The molecule has 2 aromatic heterocycles. The lowest BCUT2D eigenvalue weighted by molar-refractivity contribution is 0.102. The highest BCUT2D eigenvalue weighted by Crippen LogP contribution is 2.33. The molecule has 1 aliphatic carbocycles. The van der Waals surface area contributed by atoms with Crippen molar-refractivity contribution in [2.75, 3.05) is 12.4 Å². The molecule has 10 heteroatoms. The SMILES string of the molecule is CN(C1CC1)S(=O)(=O)c1ccc(C(=O)Nc2nc(-c3ccc(Cl)s3)cs2)cc1. The van der Waals surface area contributed by atoms with Crippen molar-refractivity contribution in [1.82, 2.24) is 9.29 Å². The van der Waals surface area contributed by atoms with Gasteiger partial charge in [0, 0.05) is 24.0 Å². The minimum atomic E-state index is -3.52. The standard InChI is InChI=1S/C18H16ClN3O3S3/c1-22(12-4-5-12)28(24,25)13-6-2-11(3-7-13)17(23)21-18-20-14(10-26-18)15-8-9-16(19)27-15/h2-3,6-10,12H,4-5H2,1H3,(H,20,21,23). The van der Waals surface area contributed by atoms with E-state index in [-0.39, 0.29) is 16.8 Å². The fraction of sp³-hybridized carbons (Fsp3) is 0.222. The molecule has 1 fully saturated rings. The van der Waals surface area contributed by atoms with E-state index >= 15 is 0 Å². The first kappa shape index (κ1) is 19.5. The van der Waals surface area contributed by atoms with Gasteiger partial charge in [-0.1, -0.05) is 11.6 Å². The van der Waals surface area contributed by atoms with Gasteiger partial charge in [0.05, 0.1) is 19.8 Å². The Morgan fingerprint density at radius 3 is 2.54 bits per heavy atom. The van der Waals surface area contributed by atoms with Crippen molar-refractivity contribution < 1.29 is 13.2 Å². The quantitative estimate of drug-likeness (QED) is 0.593. The number of hydrogen-bond acceptors (Lipinski definition) is 6. The van der Waals surface area contributed by atoms with Gasteiger partial charge in [-0.3, -0.25) is 10.1 Å². The minimum Gasteiger partial charge on any atom is -0.298 e. The maximum absolute atomic E-state index is 12.5. The van der Waals surface area contributed by atoms with Crippen molar-refractivity contribution in [3.05, 3.63) is 51.7 Å². The number of amides is 1. The van der Waals surface area contributed by atoms with E-state index in [1.54, 1.807) is 13.1 Å². The zero-order valence-corrected chi connectivity index (χ0v) is 18.0. The van der Waals surface area contributed by atoms with Crippen LogP contribution in [0.15, 0.2) is 46.7 Å². The zero-order valence-electron chi connectivity index (χ0n) is 14.8. The van der Waals surface area contributed by atoms with Crippen molar-refractivity contribution in [2.45, 2.75) is 23.8 Å². The Kier molecular flexibility index (Phi) is 5.28. The molecule has 4 rings (SSSR count). The summed E-state index contributed by atoms with van der Waals surface area (Å²) in [4.78, 5) is 18.0. The van der Waals surface area contributed by atoms with Crippen LogP contribution in [0.25, 0.3) is 10.6 Å². The molecular formula is C18H16ClN3O3S3. The summed E-state index contributed by atoms with van der Waals surface area (Å²) in [6, 6.07) is 9.72. The largest absolute Gasteiger partial charge is 0.298 e. The highest BCUT2D eigenvalue weighted by molar-refractivity contribution is 7.89. The van der Waals surface area contributed by atoms with E-state index in [0.29, 0.717) is 15.0 Å². The monoisotopic (exact) mass is 453 g/mol. The summed E-state index contributed by atoms with van der Waals surface area (Å²) in [7, 11) is -1.93. The summed E-state index contributed by atoms with van der Waals surface area (Å²) < 4.78 is 27.1. The lowest BCUT2D eigenvalue weighted by Crippen LogP contribution is -2.29. The van der Waals surface area contributed by atoms with Crippen molar-refractivity contribution in [1.29, 1.82) is 0 Å². The number of anilines is 1. The summed E-state index contributed by atoms with van der Waals surface area (Å²) in [6.07, 6.45) is 1.79. The van der Waals surface area contributed by atoms with Crippen molar-refractivity contribution in [2.24, 2.45) is 0 Å². The first-order chi connectivity index (χ1) is 13.3. The van der Waals surface area contributed by atoms with Crippen LogP contribution in [0.5, 0.6) is 0 Å². The van der Waals surface area contributed by atoms with Crippen LogP contribution in [0.3, 0.4) is 0 Å². The second-order valence-electron chi connectivity index (χ2n) is 6.37. The molecule has 1 aromatic carbocycles. The van der Waals surface area contributed by atoms with Gasteiger partial charge in [-0.2, -0.15) is 4.31 Å². The van der Waals surface area contributed by atoms with Crippen LogP contribution < -0.4 is 5.32 Å². The highest BCUT2D eigenvalue weighted by atomic mass is 35.5. The molecule has 1 saturated carbocycles. The van der Waals surface area contributed by atoms with E-state index in [1.165, 1.54) is 51.2 Å². The first-order valence-electron chi connectivity index (χ1n) is 8.45. The molecule has 0 bridgehead atoms. The molecule has 0 unspecified atom stereocenters. The first-order valence-corrected chi connectivity index (χ1v) is 12.0. The van der Waals surface area contributed by atoms with Crippen LogP contribution in [-0.4, -0.2) is 36.7 Å². The lowest BCUT2D eigenvalue weighted by Gasteiger charge is -2.16. The second kappa shape index (κ2) is 7.57. The second-order valence-corrected chi connectivity index (χ2v) is 10.9. The van der Waals surface area contributed by atoms with Crippen LogP contribution in [-0.2, 0) is 10.0 Å². The number of thiazole rings is 1. The molecule has 2 heterocycles. The Bertz CT molecular complexity index is 1120. The molecule has 1 aliphatic rings. The predicted octanol–water partition coefficient (Wildman–Crippen LogP) is 4.56. The summed E-state index contributed by atoms with van der Waals surface area (Å²) in [6.45, 7) is 0. The molecule has 0 spiro atoms. The minimum absolute atomic E-state index is 0.0882. The average molecular weight is 454 g/mol. The predicted molar refractivity (Wildman–Crippen MR) is 113 cm³/mol. The van der Waals surface area contributed by atoms with Crippen molar-refractivity contribution >= 4 is 55.3 Å². The Morgan fingerprint density at radius 1 is 1.21 bits per heavy atom. The van der Waals surface area contributed by atoms with Crippen LogP contribution in [0.4, 0.5) is 5.13 Å². The third kappa shape index (κ3) is 3.99. The number of thiophene rings is 1. The van der Waals surface area contributed by atoms with Crippen LogP contribution in [0.2, 0.25) is 4.34 Å². The molecule has 28 heavy (non-hydrogen) atoms. The fourth-order valence-corrected chi connectivity index (χ4v) is 5.84. The number of nitrogens with one attached hydrogen (secondary N) is 1. The fourth-order valence-electron chi connectivity index (χ4n) is 2.64. The topological polar surface area (TPSA) is 79.4 Å². The van der Waals surface area contributed by atoms with Gasteiger partial charge < -0.3 is 0 Å². The van der Waals surface area contributed by atoms with Crippen LogP contribution in [0.1, 0.15) is 23.2 Å². The van der Waals surface area contributed by atoms with E-state index in [0.717, 1.165) is 23.4 Å². The van der Waals surface area contributed by atoms with Gasteiger partial charge in [0.15, 0.2) is 5.13 Å². The van der Waals surface area contributed by atoms with E-state index in [1.807, 2.05) is 11.4 Å². The summed E-state index contributed by atoms with van der Waals surface area (Å²) >= 11 is 8.68. The van der Waals surface area contributed by atoms with E-state index < -0.39 is 10.0 Å². The Labute approximate surface area is 175 Å². The summed E-state index contributed by atoms with van der Waals surface area (Å²) in [5, 5.41) is 5.06. The zero-order chi connectivity index (χ0) is 19.9. The van der Waals surface area contributed by atoms with Crippen molar-refractivity contribution in [3.8, 4) is 10.6 Å². The molecule has 0 aliphatic heterocycles. The normalized spacial score (nSPS) is 14.4. The number of carbonyl (C=O) groups is 1. The van der Waals surface area contributed by atoms with E-state index in [4.69, 9.17) is 11.6 Å². The smallest absolute Gasteiger partial charge is 0.257 e. The summed E-state index contributed by atoms with van der Waals surface area (Å²) in [5.41, 5.74) is 1.12. The average Bonchev–Trinajstić information content (AvgIpc) is 3.28. The third-order valence-corrected chi connectivity index (χ3v) is 8.34. The number of benzene rings is 1. The number of sulfonamides is 1. The summed E-state index contributed by atoms with van der Waals surface area (Å²) in [5.74, 6) is -0.343. The van der Waals surface area contributed by atoms with Crippen LogP contribution in [0, 0.1) is 0 Å². The van der Waals surface area contributed by atoms with Crippen LogP contribution >= 0.6 is 34.3 Å². The Hall–Kier alpha value is -1.78. The molecular weight excluding hydrogens is 438 g/mol. The molecule has 146 valence electrons. The highest BCUT2D eigenvalue weighted by Gasteiger charge is 2.35. The van der Waals surface area contributed by atoms with Gasteiger partial charge in [0.1, 0.15) is 0 Å². The molecule has 0 atom stereocenters. The molecule has 6 nitrogen and oxygen atoms in total. The van der Waals surface area contributed by atoms with Gasteiger partial charge in [0.25, 0.3) is 5.91 Å². The number of rotatable bonds is 6. The van der Waals surface area contributed by atoms with Gasteiger partial charge in [-0.25, -0.2) is 13.4 Å². The van der Waals surface area contributed by atoms with E-state index in [9.17, 15) is 13.2 Å². The number of hydrogen-bond donors (Lipinski definition) is 1. The number of carbonyl (C=O) groups excluding carboxylic acids is 1. The molecule has 0 radical (unpaired) electrons. The molecule has 3 aromatic rings. The van der Waals surface area contributed by atoms with Gasteiger partial charge in [-0.05, 0) is 49.2 Å². The number of nitrogens with zero attached hydrogens (tertiary/aromatic N) is 2. The van der Waals surface area contributed by atoms with Gasteiger partial charge >= 0.3 is 0 Å². The Morgan fingerprint density at radius 2 is 1.93 bits per heavy atom.